The first-order chi connectivity index (χ1) is 14.0. The molecule has 0 radical (unpaired) electrons. The van der Waals surface area contributed by atoms with Gasteiger partial charge >= 0.3 is 0 Å². The number of halogens is 3. The van der Waals surface area contributed by atoms with Gasteiger partial charge in [0.05, 0.1) is 13.7 Å². The van der Waals surface area contributed by atoms with E-state index in [1.807, 2.05) is 19.1 Å². The SMILES string of the molecule is CCOCc1ccc(C2CCC(CCc3ccc(OC)c(F)c3F)CC2)cc1F. The lowest BCUT2D eigenvalue weighted by atomic mass is 9.76. The molecule has 1 fully saturated rings. The van der Waals surface area contributed by atoms with E-state index in [2.05, 4.69) is 0 Å². The Kier molecular flexibility index (Phi) is 7.59. The van der Waals surface area contributed by atoms with Crippen LogP contribution in [0.2, 0.25) is 0 Å². The summed E-state index contributed by atoms with van der Waals surface area (Å²) in [6.07, 6.45) is 5.38. The number of rotatable bonds is 8. The van der Waals surface area contributed by atoms with Crippen molar-refractivity contribution in [3.8, 4) is 5.75 Å². The molecule has 0 heterocycles. The summed E-state index contributed by atoms with van der Waals surface area (Å²) in [5, 5.41) is 0. The van der Waals surface area contributed by atoms with Crippen molar-refractivity contribution in [2.45, 2.75) is 58.0 Å². The lowest BCUT2D eigenvalue weighted by Gasteiger charge is -2.29. The Morgan fingerprint density at radius 1 is 0.931 bits per heavy atom. The van der Waals surface area contributed by atoms with Crippen LogP contribution in [0.4, 0.5) is 13.2 Å². The molecule has 1 aliphatic rings. The fraction of sp³-hybridized carbons (Fsp3) is 0.500. The quantitative estimate of drug-likeness (QED) is 0.494. The molecule has 0 atom stereocenters. The molecule has 0 aromatic heterocycles. The van der Waals surface area contributed by atoms with Crippen LogP contribution in [-0.4, -0.2) is 13.7 Å². The lowest BCUT2D eigenvalue weighted by molar-refractivity contribution is 0.131. The molecule has 0 amide bonds. The van der Waals surface area contributed by atoms with Gasteiger partial charge in [-0.1, -0.05) is 18.2 Å². The summed E-state index contributed by atoms with van der Waals surface area (Å²) in [5.74, 6) is -1.14. The highest BCUT2D eigenvalue weighted by molar-refractivity contribution is 5.31. The molecular weight excluding hydrogens is 377 g/mol. The van der Waals surface area contributed by atoms with Crippen LogP contribution in [0.1, 0.15) is 61.6 Å². The third-order valence-corrected chi connectivity index (χ3v) is 6.03. The van der Waals surface area contributed by atoms with Crippen LogP contribution < -0.4 is 4.74 Å². The fourth-order valence-corrected chi connectivity index (χ4v) is 4.21. The number of aryl methyl sites for hydroxylation is 1. The van der Waals surface area contributed by atoms with Gasteiger partial charge in [0.15, 0.2) is 11.6 Å². The van der Waals surface area contributed by atoms with Crippen molar-refractivity contribution in [2.75, 3.05) is 13.7 Å². The Balaban J connectivity index is 1.52. The first-order valence-electron chi connectivity index (χ1n) is 10.4. The number of hydrogen-bond acceptors (Lipinski definition) is 2. The van der Waals surface area contributed by atoms with E-state index < -0.39 is 11.6 Å². The van der Waals surface area contributed by atoms with Crippen LogP contribution in [0.3, 0.4) is 0 Å². The Hall–Kier alpha value is -2.01. The lowest BCUT2D eigenvalue weighted by Crippen LogP contribution is -2.15. The molecule has 5 heteroatoms. The Bertz CT molecular complexity index is 814. The normalized spacial score (nSPS) is 19.3. The second-order valence-electron chi connectivity index (χ2n) is 7.80. The summed E-state index contributed by atoms with van der Waals surface area (Å²) in [7, 11) is 1.33. The Labute approximate surface area is 171 Å². The average Bonchev–Trinajstić information content (AvgIpc) is 2.74. The molecule has 2 nitrogen and oxygen atoms in total. The molecule has 1 saturated carbocycles. The molecule has 2 aromatic rings. The fourth-order valence-electron chi connectivity index (χ4n) is 4.21. The molecule has 158 valence electrons. The summed E-state index contributed by atoms with van der Waals surface area (Å²) in [6, 6.07) is 8.57. The zero-order valence-electron chi connectivity index (χ0n) is 17.1. The molecule has 0 unspecified atom stereocenters. The van der Waals surface area contributed by atoms with Gasteiger partial charge in [-0.3, -0.25) is 0 Å². The van der Waals surface area contributed by atoms with Crippen molar-refractivity contribution in [1.82, 2.24) is 0 Å². The van der Waals surface area contributed by atoms with Gasteiger partial charge in [-0.05, 0) is 80.5 Å². The van der Waals surface area contributed by atoms with Crippen molar-refractivity contribution in [3.05, 3.63) is 64.5 Å². The van der Waals surface area contributed by atoms with Gasteiger partial charge in [0.2, 0.25) is 5.82 Å². The van der Waals surface area contributed by atoms with Gasteiger partial charge in [0, 0.05) is 12.2 Å². The topological polar surface area (TPSA) is 18.5 Å². The summed E-state index contributed by atoms with van der Waals surface area (Å²) >= 11 is 0. The zero-order valence-corrected chi connectivity index (χ0v) is 17.1. The number of methoxy groups -OCH3 is 1. The van der Waals surface area contributed by atoms with E-state index in [1.54, 1.807) is 12.1 Å². The zero-order chi connectivity index (χ0) is 20.8. The molecule has 29 heavy (non-hydrogen) atoms. The van der Waals surface area contributed by atoms with Crippen molar-refractivity contribution < 1.29 is 22.6 Å². The molecule has 0 N–H and O–H groups in total. The highest BCUT2D eigenvalue weighted by Crippen LogP contribution is 2.38. The monoisotopic (exact) mass is 406 g/mol. The summed E-state index contributed by atoms with van der Waals surface area (Å²) < 4.78 is 52.4. The minimum atomic E-state index is -0.913. The van der Waals surface area contributed by atoms with E-state index in [1.165, 1.54) is 13.2 Å². The highest BCUT2D eigenvalue weighted by atomic mass is 19.2. The van der Waals surface area contributed by atoms with Crippen LogP contribution in [0.15, 0.2) is 30.3 Å². The van der Waals surface area contributed by atoms with Gasteiger partial charge in [-0.15, -0.1) is 0 Å². The van der Waals surface area contributed by atoms with Crippen molar-refractivity contribution in [1.29, 1.82) is 0 Å². The standard InChI is InChI=1S/C24H29F3O2/c1-3-29-15-20-11-10-19(14-21(20)25)17-7-4-16(5-8-17)6-9-18-12-13-22(28-2)24(27)23(18)26/h10-14,16-17H,3-9,15H2,1-2H3. The first kappa shape index (κ1) is 21.7. The first-order valence-corrected chi connectivity index (χ1v) is 10.4. The van der Waals surface area contributed by atoms with E-state index in [-0.39, 0.29) is 11.6 Å². The molecule has 3 rings (SSSR count). The summed E-state index contributed by atoms with van der Waals surface area (Å²) in [4.78, 5) is 0. The second kappa shape index (κ2) is 10.1. The minimum absolute atomic E-state index is 0.0636. The Morgan fingerprint density at radius 3 is 2.31 bits per heavy atom. The maximum atomic E-state index is 14.3. The minimum Gasteiger partial charge on any atom is -0.494 e. The van der Waals surface area contributed by atoms with E-state index in [4.69, 9.17) is 9.47 Å². The molecule has 2 aromatic carbocycles. The predicted molar refractivity (Wildman–Crippen MR) is 108 cm³/mol. The molecular formula is C24H29F3O2. The van der Waals surface area contributed by atoms with Gasteiger partial charge in [-0.25, -0.2) is 8.78 Å². The van der Waals surface area contributed by atoms with Gasteiger partial charge in [0.1, 0.15) is 5.82 Å². The molecule has 0 bridgehead atoms. The third-order valence-electron chi connectivity index (χ3n) is 6.03. The van der Waals surface area contributed by atoms with Gasteiger partial charge in [-0.2, -0.15) is 4.39 Å². The van der Waals surface area contributed by atoms with Crippen LogP contribution in [0.25, 0.3) is 0 Å². The second-order valence-corrected chi connectivity index (χ2v) is 7.80. The van der Waals surface area contributed by atoms with E-state index in [0.717, 1.165) is 37.7 Å². The van der Waals surface area contributed by atoms with Crippen molar-refractivity contribution in [2.24, 2.45) is 5.92 Å². The summed E-state index contributed by atoms with van der Waals surface area (Å²) in [5.41, 5.74) is 2.04. The smallest absolute Gasteiger partial charge is 0.200 e. The maximum Gasteiger partial charge on any atom is 0.200 e. The van der Waals surface area contributed by atoms with E-state index in [0.29, 0.717) is 42.6 Å². The molecule has 0 saturated heterocycles. The van der Waals surface area contributed by atoms with Crippen LogP contribution >= 0.6 is 0 Å². The summed E-state index contributed by atoms with van der Waals surface area (Å²) in [6.45, 7) is 2.76. The highest BCUT2D eigenvalue weighted by Gasteiger charge is 2.24. The van der Waals surface area contributed by atoms with Crippen LogP contribution in [-0.2, 0) is 17.8 Å². The van der Waals surface area contributed by atoms with Crippen molar-refractivity contribution in [3.63, 3.8) is 0 Å². The van der Waals surface area contributed by atoms with Gasteiger partial charge in [0.25, 0.3) is 0 Å². The average molecular weight is 406 g/mol. The van der Waals surface area contributed by atoms with Crippen LogP contribution in [0, 0.1) is 23.4 Å². The van der Waals surface area contributed by atoms with Crippen LogP contribution in [0.5, 0.6) is 5.75 Å². The van der Waals surface area contributed by atoms with E-state index >= 15 is 0 Å². The number of benzene rings is 2. The van der Waals surface area contributed by atoms with Gasteiger partial charge < -0.3 is 9.47 Å². The molecule has 1 aliphatic carbocycles. The third kappa shape index (κ3) is 5.33. The number of hydrogen-bond donors (Lipinski definition) is 0. The number of ether oxygens (including phenoxy) is 2. The molecule has 0 spiro atoms. The predicted octanol–water partition coefficient (Wildman–Crippen LogP) is 6.56. The maximum absolute atomic E-state index is 14.3. The van der Waals surface area contributed by atoms with Crippen molar-refractivity contribution >= 4 is 0 Å². The largest absolute Gasteiger partial charge is 0.494 e. The molecule has 0 aliphatic heterocycles. The van der Waals surface area contributed by atoms with E-state index in [9.17, 15) is 13.2 Å². The Morgan fingerprint density at radius 2 is 1.66 bits per heavy atom.